The van der Waals surface area contributed by atoms with Crippen molar-refractivity contribution in [1.29, 1.82) is 0 Å². The van der Waals surface area contributed by atoms with Gasteiger partial charge >= 0.3 is 0 Å². The molecule has 0 radical (unpaired) electrons. The predicted octanol–water partition coefficient (Wildman–Crippen LogP) is 2.08. The Morgan fingerprint density at radius 2 is 2.40 bits per heavy atom. The summed E-state index contributed by atoms with van der Waals surface area (Å²) in [5, 5.41) is 0. The maximum Gasteiger partial charge on any atom is 0.125 e. The first kappa shape index (κ1) is 10.8. The molecule has 82 valence electrons. The van der Waals surface area contributed by atoms with Gasteiger partial charge in [0, 0.05) is 29.8 Å². The van der Waals surface area contributed by atoms with Crippen molar-refractivity contribution in [2.24, 2.45) is 5.73 Å². The van der Waals surface area contributed by atoms with Crippen LogP contribution in [0.2, 0.25) is 0 Å². The number of nitrogens with zero attached hydrogens (tertiary/aromatic N) is 1. The third-order valence-corrected chi connectivity index (χ3v) is 3.92. The maximum atomic E-state index is 13.2. The second-order valence-corrected chi connectivity index (χ2v) is 4.82. The molecule has 1 heterocycles. The quantitative estimate of drug-likeness (QED) is 0.837. The van der Waals surface area contributed by atoms with Crippen molar-refractivity contribution in [3.63, 3.8) is 0 Å². The number of nitrogens with two attached hydrogens (primary N) is 1. The van der Waals surface area contributed by atoms with Gasteiger partial charge in [0.15, 0.2) is 0 Å². The Balaban J connectivity index is 2.36. The van der Waals surface area contributed by atoms with E-state index < -0.39 is 0 Å². The molecule has 0 amide bonds. The van der Waals surface area contributed by atoms with Crippen LogP contribution in [0.4, 0.5) is 10.1 Å². The number of benzene rings is 1. The molecule has 0 bridgehead atoms. The molecule has 0 aliphatic carbocycles. The monoisotopic (exact) mass is 226 g/mol. The lowest BCUT2D eigenvalue weighted by molar-refractivity contribution is 0.619. The number of fused-ring (bicyclic) bond motifs is 1. The van der Waals surface area contributed by atoms with Gasteiger partial charge < -0.3 is 10.6 Å². The van der Waals surface area contributed by atoms with Gasteiger partial charge in [-0.3, -0.25) is 0 Å². The highest BCUT2D eigenvalue weighted by Gasteiger charge is 2.23. The van der Waals surface area contributed by atoms with E-state index in [4.69, 9.17) is 5.73 Å². The van der Waals surface area contributed by atoms with E-state index in [0.717, 1.165) is 22.9 Å². The van der Waals surface area contributed by atoms with Crippen LogP contribution < -0.4 is 10.6 Å². The normalized spacial score (nSPS) is 20.2. The number of thioether (sulfide) groups is 1. The van der Waals surface area contributed by atoms with Crippen LogP contribution in [-0.4, -0.2) is 24.9 Å². The van der Waals surface area contributed by atoms with Gasteiger partial charge in [-0.2, -0.15) is 0 Å². The van der Waals surface area contributed by atoms with E-state index in [-0.39, 0.29) is 5.82 Å². The highest BCUT2D eigenvalue weighted by Crippen LogP contribution is 2.37. The van der Waals surface area contributed by atoms with Crippen molar-refractivity contribution < 1.29 is 4.39 Å². The van der Waals surface area contributed by atoms with E-state index in [0.29, 0.717) is 12.6 Å². The molecule has 15 heavy (non-hydrogen) atoms. The second kappa shape index (κ2) is 4.41. The van der Waals surface area contributed by atoms with Crippen LogP contribution in [0.3, 0.4) is 0 Å². The number of hydrogen-bond acceptors (Lipinski definition) is 3. The molecule has 1 unspecified atom stereocenters. The lowest BCUT2D eigenvalue weighted by atomic mass is 10.2. The number of rotatable bonds is 2. The van der Waals surface area contributed by atoms with Crippen LogP contribution in [0.5, 0.6) is 0 Å². The van der Waals surface area contributed by atoms with E-state index >= 15 is 0 Å². The summed E-state index contributed by atoms with van der Waals surface area (Å²) in [6.07, 6.45) is 0. The molecule has 1 aliphatic heterocycles. The van der Waals surface area contributed by atoms with E-state index in [1.807, 2.05) is 6.07 Å². The molecule has 0 fully saturated rings. The molecule has 1 aromatic carbocycles. The number of hydrogen-bond donors (Lipinski definition) is 1. The SMILES string of the molecule is CC1CSc2ccc(F)cc2N1CCN. The predicted molar refractivity (Wildman–Crippen MR) is 63.0 cm³/mol. The van der Waals surface area contributed by atoms with Crippen molar-refractivity contribution in [2.45, 2.75) is 17.9 Å². The van der Waals surface area contributed by atoms with Gasteiger partial charge in [-0.15, -0.1) is 11.8 Å². The van der Waals surface area contributed by atoms with Gasteiger partial charge in [-0.1, -0.05) is 0 Å². The van der Waals surface area contributed by atoms with Gasteiger partial charge in [-0.25, -0.2) is 4.39 Å². The first-order chi connectivity index (χ1) is 7.22. The van der Waals surface area contributed by atoms with Crippen LogP contribution >= 0.6 is 11.8 Å². The van der Waals surface area contributed by atoms with Gasteiger partial charge in [0.25, 0.3) is 0 Å². The minimum Gasteiger partial charge on any atom is -0.366 e. The van der Waals surface area contributed by atoms with Crippen molar-refractivity contribution in [3.05, 3.63) is 24.0 Å². The van der Waals surface area contributed by atoms with Crippen LogP contribution in [0.25, 0.3) is 0 Å². The van der Waals surface area contributed by atoms with Crippen molar-refractivity contribution in [3.8, 4) is 0 Å². The van der Waals surface area contributed by atoms with E-state index in [9.17, 15) is 4.39 Å². The summed E-state index contributed by atoms with van der Waals surface area (Å²) < 4.78 is 13.2. The van der Waals surface area contributed by atoms with E-state index in [1.165, 1.54) is 6.07 Å². The molecule has 0 saturated heterocycles. The summed E-state index contributed by atoms with van der Waals surface area (Å²) in [5.74, 6) is 0.865. The Labute approximate surface area is 93.6 Å². The van der Waals surface area contributed by atoms with Crippen LogP contribution in [0.15, 0.2) is 23.1 Å². The zero-order valence-corrected chi connectivity index (χ0v) is 9.56. The van der Waals surface area contributed by atoms with Crippen molar-refractivity contribution in [1.82, 2.24) is 0 Å². The Bertz CT molecular complexity index is 356. The average molecular weight is 226 g/mol. The Kier molecular flexibility index (Phi) is 3.17. The Hall–Kier alpha value is -0.740. The first-order valence-corrected chi connectivity index (χ1v) is 6.10. The summed E-state index contributed by atoms with van der Waals surface area (Å²) in [6, 6.07) is 5.40. The molecule has 2 nitrogen and oxygen atoms in total. The van der Waals surface area contributed by atoms with Gasteiger partial charge in [-0.05, 0) is 25.1 Å². The van der Waals surface area contributed by atoms with Crippen molar-refractivity contribution in [2.75, 3.05) is 23.7 Å². The summed E-state index contributed by atoms with van der Waals surface area (Å²) in [7, 11) is 0. The van der Waals surface area contributed by atoms with Gasteiger partial charge in [0.1, 0.15) is 5.82 Å². The Morgan fingerprint density at radius 3 is 3.13 bits per heavy atom. The van der Waals surface area contributed by atoms with E-state index in [2.05, 4.69) is 11.8 Å². The molecule has 0 spiro atoms. The molecule has 1 atom stereocenters. The minimum atomic E-state index is -0.175. The molecule has 2 N–H and O–H groups in total. The topological polar surface area (TPSA) is 29.3 Å². The molecule has 1 aliphatic rings. The average Bonchev–Trinajstić information content (AvgIpc) is 2.23. The second-order valence-electron chi connectivity index (χ2n) is 3.75. The molecular weight excluding hydrogens is 211 g/mol. The van der Waals surface area contributed by atoms with Crippen LogP contribution in [0, 0.1) is 5.82 Å². The molecule has 1 aromatic rings. The highest BCUT2D eigenvalue weighted by molar-refractivity contribution is 7.99. The lowest BCUT2D eigenvalue weighted by Gasteiger charge is -2.36. The van der Waals surface area contributed by atoms with Crippen LogP contribution in [0.1, 0.15) is 6.92 Å². The molecule has 0 aromatic heterocycles. The summed E-state index contributed by atoms with van der Waals surface area (Å²) in [4.78, 5) is 3.34. The molecular formula is C11H15FN2S. The third-order valence-electron chi connectivity index (χ3n) is 2.61. The number of halogens is 1. The largest absolute Gasteiger partial charge is 0.366 e. The standard InChI is InChI=1S/C11H15FN2S/c1-8-7-15-11-3-2-9(12)6-10(11)14(8)5-4-13/h2-3,6,8H,4-5,7,13H2,1H3. The van der Waals surface area contributed by atoms with Gasteiger partial charge in [0.05, 0.1) is 5.69 Å². The fourth-order valence-electron chi connectivity index (χ4n) is 1.85. The highest BCUT2D eigenvalue weighted by atomic mass is 32.2. The molecule has 0 saturated carbocycles. The third kappa shape index (κ3) is 2.11. The summed E-state index contributed by atoms with van der Waals surface area (Å²) in [6.45, 7) is 3.54. The molecule has 2 rings (SSSR count). The zero-order valence-electron chi connectivity index (χ0n) is 8.74. The fourth-order valence-corrected chi connectivity index (χ4v) is 2.94. The van der Waals surface area contributed by atoms with Gasteiger partial charge in [0.2, 0.25) is 0 Å². The smallest absolute Gasteiger partial charge is 0.125 e. The lowest BCUT2D eigenvalue weighted by Crippen LogP contribution is -2.40. The van der Waals surface area contributed by atoms with Crippen molar-refractivity contribution >= 4 is 17.4 Å². The summed E-state index contributed by atoms with van der Waals surface area (Å²) >= 11 is 1.79. The van der Waals surface area contributed by atoms with Crippen LogP contribution in [-0.2, 0) is 0 Å². The number of anilines is 1. The summed E-state index contributed by atoms with van der Waals surface area (Å²) in [5.41, 5.74) is 6.56. The van der Waals surface area contributed by atoms with E-state index in [1.54, 1.807) is 17.8 Å². The zero-order chi connectivity index (χ0) is 10.8. The fraction of sp³-hybridized carbons (Fsp3) is 0.455. The first-order valence-electron chi connectivity index (χ1n) is 5.11. The molecule has 4 heteroatoms. The minimum absolute atomic E-state index is 0.175. The maximum absolute atomic E-state index is 13.2. The Morgan fingerprint density at radius 1 is 1.60 bits per heavy atom.